The molecule has 3 N–H and O–H groups in total. The molecule has 0 heterocycles. The lowest BCUT2D eigenvalue weighted by Crippen LogP contribution is -2.57. The topological polar surface area (TPSA) is 218 Å². The van der Waals surface area contributed by atoms with Crippen molar-refractivity contribution in [3.05, 3.63) is 0 Å². The van der Waals surface area contributed by atoms with Gasteiger partial charge < -0.3 is 15.3 Å². The second-order valence-electron chi connectivity index (χ2n) is 22.0. The van der Waals surface area contributed by atoms with Crippen LogP contribution < -0.4 is 0 Å². The molecule has 0 spiro atoms. The lowest BCUT2D eigenvalue weighted by atomic mass is 9.80. The standard InChI is InChI=1S/C62H114O15/c1-4-7-10-13-16-19-22-25-28-31-34-37-40-43-46-49-55(65)72-75-58(68)52-62(71,61(70)77-74-57(67)51-48-45-42-39-36-33-30-27-24-21-18-15-12-9-6-3)59(54(64)53-63)60(69)76-73-56(66)50-47-44-41-38-35-32-29-26-23-20-17-14-11-8-5-2/h54,59,63-64,71H,4-53H2,1-3H3. The second-order valence-corrected chi connectivity index (χ2v) is 22.0. The van der Waals surface area contributed by atoms with Gasteiger partial charge in [-0.3, -0.25) is 0 Å². The summed E-state index contributed by atoms with van der Waals surface area (Å²) >= 11 is 0. The largest absolute Gasteiger partial charge is 0.394 e. The summed E-state index contributed by atoms with van der Waals surface area (Å²) in [6.07, 6.45) is 46.7. The summed E-state index contributed by atoms with van der Waals surface area (Å²) in [6.45, 7) is 5.42. The maximum atomic E-state index is 13.5. The summed E-state index contributed by atoms with van der Waals surface area (Å²) in [4.78, 5) is 105. The lowest BCUT2D eigenvalue weighted by Gasteiger charge is -2.32. The normalized spacial score (nSPS) is 12.9. The molecule has 0 aliphatic heterocycles. The van der Waals surface area contributed by atoms with Crippen LogP contribution in [0.5, 0.6) is 0 Å². The van der Waals surface area contributed by atoms with Crippen molar-refractivity contribution in [1.82, 2.24) is 0 Å². The second kappa shape index (κ2) is 54.6. The third-order valence-electron chi connectivity index (χ3n) is 14.7. The Hall–Kier alpha value is -3.30. The minimum Gasteiger partial charge on any atom is -0.394 e. The van der Waals surface area contributed by atoms with Crippen LogP contribution in [-0.2, 0) is 58.1 Å². The van der Waals surface area contributed by atoms with E-state index in [4.69, 9.17) is 0 Å². The minimum atomic E-state index is -3.47. The van der Waals surface area contributed by atoms with Crippen LogP contribution in [-0.4, -0.2) is 69.4 Å². The maximum absolute atomic E-state index is 13.5. The molecule has 15 nitrogen and oxygen atoms in total. The van der Waals surface area contributed by atoms with Crippen molar-refractivity contribution in [1.29, 1.82) is 0 Å². The number of aliphatic hydroxyl groups excluding tert-OH is 2. The first-order valence-corrected chi connectivity index (χ1v) is 31.7. The van der Waals surface area contributed by atoms with Gasteiger partial charge in [-0.15, -0.1) is 0 Å². The third-order valence-corrected chi connectivity index (χ3v) is 14.7. The Bertz CT molecular complexity index is 1420. The van der Waals surface area contributed by atoms with E-state index in [0.717, 1.165) is 77.0 Å². The van der Waals surface area contributed by atoms with E-state index in [2.05, 4.69) is 50.1 Å². The van der Waals surface area contributed by atoms with Crippen molar-refractivity contribution in [3.8, 4) is 0 Å². The van der Waals surface area contributed by atoms with Crippen LogP contribution in [0.15, 0.2) is 0 Å². The third kappa shape index (κ3) is 45.2. The van der Waals surface area contributed by atoms with Gasteiger partial charge in [0, 0.05) is 0 Å². The summed E-state index contributed by atoms with van der Waals surface area (Å²) in [5.41, 5.74) is -3.47. The van der Waals surface area contributed by atoms with E-state index in [1.165, 1.54) is 186 Å². The van der Waals surface area contributed by atoms with E-state index in [9.17, 15) is 44.1 Å². The zero-order valence-electron chi connectivity index (χ0n) is 49.3. The summed E-state index contributed by atoms with van der Waals surface area (Å²) < 4.78 is 0. The maximum Gasteiger partial charge on any atom is 0.388 e. The van der Waals surface area contributed by atoms with Crippen LogP contribution in [0.25, 0.3) is 0 Å². The molecule has 0 aromatic heterocycles. The first kappa shape index (κ1) is 73.7. The molecule has 0 amide bonds. The van der Waals surface area contributed by atoms with E-state index in [0.29, 0.717) is 25.7 Å². The highest BCUT2D eigenvalue weighted by Crippen LogP contribution is 2.30. The average molecular weight is 1100 g/mol. The molecule has 0 aliphatic rings. The molecule has 15 heteroatoms. The minimum absolute atomic E-state index is 0.0872. The van der Waals surface area contributed by atoms with Gasteiger partial charge in [0.2, 0.25) is 0 Å². The highest BCUT2D eigenvalue weighted by atomic mass is 17.2. The number of carbonyl (C=O) groups is 6. The Morgan fingerprint density at radius 3 is 0.805 bits per heavy atom. The van der Waals surface area contributed by atoms with Crippen molar-refractivity contribution in [2.45, 2.75) is 347 Å². The Kier molecular flexibility index (Phi) is 52.3. The molecule has 0 aromatic carbocycles. The van der Waals surface area contributed by atoms with Gasteiger partial charge in [0.05, 0.1) is 38.4 Å². The van der Waals surface area contributed by atoms with E-state index in [1.807, 2.05) is 0 Å². The van der Waals surface area contributed by atoms with Crippen LogP contribution in [0.3, 0.4) is 0 Å². The molecule has 452 valence electrons. The van der Waals surface area contributed by atoms with Crippen LogP contribution in [0, 0.1) is 5.92 Å². The molecule has 0 rings (SSSR count). The van der Waals surface area contributed by atoms with E-state index in [-0.39, 0.29) is 19.3 Å². The van der Waals surface area contributed by atoms with Crippen molar-refractivity contribution in [3.63, 3.8) is 0 Å². The molecule has 0 saturated heterocycles. The summed E-state index contributed by atoms with van der Waals surface area (Å²) in [5, 5.41) is 32.4. The van der Waals surface area contributed by atoms with E-state index in [1.54, 1.807) is 0 Å². The molecule has 0 aliphatic carbocycles. The Morgan fingerprint density at radius 2 is 0.545 bits per heavy atom. The van der Waals surface area contributed by atoms with Gasteiger partial charge in [0.15, 0.2) is 5.60 Å². The lowest BCUT2D eigenvalue weighted by molar-refractivity contribution is -0.288. The van der Waals surface area contributed by atoms with Crippen molar-refractivity contribution >= 4 is 35.8 Å². The molecule has 3 unspecified atom stereocenters. The molecule has 3 atom stereocenters. The number of unbranched alkanes of at least 4 members (excludes halogenated alkanes) is 42. The Balaban J connectivity index is 5.14. The molecule has 77 heavy (non-hydrogen) atoms. The molecule has 0 aromatic rings. The van der Waals surface area contributed by atoms with Gasteiger partial charge in [0.1, 0.15) is 5.92 Å². The Labute approximate surface area is 467 Å². The van der Waals surface area contributed by atoms with Crippen LogP contribution in [0.4, 0.5) is 0 Å². The summed E-state index contributed by atoms with van der Waals surface area (Å²) in [5.74, 6) is -10.6. The molecular formula is C62H114O15. The van der Waals surface area contributed by atoms with Crippen LogP contribution in [0.1, 0.15) is 335 Å². The average Bonchev–Trinajstić information content (AvgIpc) is 3.42. The van der Waals surface area contributed by atoms with Gasteiger partial charge in [-0.1, -0.05) is 290 Å². The zero-order valence-corrected chi connectivity index (χ0v) is 49.3. The van der Waals surface area contributed by atoms with E-state index >= 15 is 0 Å². The zero-order chi connectivity index (χ0) is 56.7. The SMILES string of the molecule is CCCCCCCCCCCCCCCCCC(=O)OOC(=O)CC(O)(C(=O)OOC(=O)CCCCCCCCCCCCCCCCC)C(C(=O)OOC(=O)CCCCCCCCCCCCCCCCC)C(O)CO. The van der Waals surface area contributed by atoms with Crippen LogP contribution >= 0.6 is 0 Å². The fourth-order valence-electron chi connectivity index (χ4n) is 9.77. The highest BCUT2D eigenvalue weighted by molar-refractivity contribution is 5.92. The van der Waals surface area contributed by atoms with Crippen molar-refractivity contribution in [2.75, 3.05) is 6.61 Å². The fraction of sp³-hybridized carbons (Fsp3) is 0.903. The molecule has 0 saturated carbocycles. The van der Waals surface area contributed by atoms with E-state index < -0.39 is 66.5 Å². The fourth-order valence-corrected chi connectivity index (χ4v) is 9.77. The van der Waals surface area contributed by atoms with Gasteiger partial charge in [0.25, 0.3) is 0 Å². The number of hydrogen-bond acceptors (Lipinski definition) is 15. The monoisotopic (exact) mass is 1100 g/mol. The van der Waals surface area contributed by atoms with Gasteiger partial charge >= 0.3 is 35.8 Å². The van der Waals surface area contributed by atoms with Crippen molar-refractivity contribution in [2.24, 2.45) is 5.92 Å². The number of carbonyl (C=O) groups excluding carboxylic acids is 6. The first-order valence-electron chi connectivity index (χ1n) is 31.7. The molecule has 0 fully saturated rings. The molecular weight excluding hydrogens is 985 g/mol. The predicted molar refractivity (Wildman–Crippen MR) is 301 cm³/mol. The summed E-state index contributed by atoms with van der Waals surface area (Å²) in [7, 11) is 0. The highest BCUT2D eigenvalue weighted by Gasteiger charge is 2.57. The summed E-state index contributed by atoms with van der Waals surface area (Å²) in [6, 6.07) is 0. The number of aliphatic hydroxyl groups is 3. The molecule has 0 bridgehead atoms. The smallest absolute Gasteiger partial charge is 0.388 e. The molecule has 0 radical (unpaired) electrons. The van der Waals surface area contributed by atoms with Crippen LogP contribution in [0.2, 0.25) is 0 Å². The van der Waals surface area contributed by atoms with Crippen molar-refractivity contribution < 1.29 is 73.4 Å². The quantitative estimate of drug-likeness (QED) is 0.0293. The van der Waals surface area contributed by atoms with Gasteiger partial charge in [-0.25, -0.2) is 58.1 Å². The predicted octanol–water partition coefficient (Wildman–Crippen LogP) is 15.9. The number of hydrogen-bond donors (Lipinski definition) is 3. The van der Waals surface area contributed by atoms with Gasteiger partial charge in [-0.2, -0.15) is 0 Å². The number of rotatable bonds is 55. The Morgan fingerprint density at radius 1 is 0.325 bits per heavy atom. The van der Waals surface area contributed by atoms with Gasteiger partial charge in [-0.05, 0) is 19.3 Å². The first-order chi connectivity index (χ1) is 37.5.